The zero-order chi connectivity index (χ0) is 14.1. The summed E-state index contributed by atoms with van der Waals surface area (Å²) in [4.78, 5) is 11.2. The lowest BCUT2D eigenvalue weighted by atomic mass is 10.1. The summed E-state index contributed by atoms with van der Waals surface area (Å²) in [6, 6.07) is 15.3. The van der Waals surface area contributed by atoms with E-state index in [1.165, 1.54) is 0 Å². The van der Waals surface area contributed by atoms with Crippen molar-refractivity contribution in [2.45, 2.75) is 13.0 Å². The number of carboxylic acid groups (broad SMARTS) is 1. The maximum absolute atomic E-state index is 11.2. The molecule has 4 heteroatoms. The fraction of sp³-hybridized carbons (Fsp3) is 0.125. The number of carbonyl (C=O) groups is 1. The largest absolute Gasteiger partial charge is 0.478 e. The lowest BCUT2D eigenvalue weighted by Gasteiger charge is -2.14. The number of hydrogen-bond donors (Lipinski definition) is 1. The van der Waals surface area contributed by atoms with E-state index >= 15 is 0 Å². The summed E-state index contributed by atoms with van der Waals surface area (Å²) in [6.45, 7) is 2.05. The lowest BCUT2D eigenvalue weighted by Crippen LogP contribution is -2.08. The highest BCUT2D eigenvalue weighted by Gasteiger charge is 2.15. The first-order valence-electron chi connectivity index (χ1n) is 6.43. The van der Waals surface area contributed by atoms with Crippen LogP contribution in [0.5, 0.6) is 0 Å². The van der Waals surface area contributed by atoms with Crippen molar-refractivity contribution in [1.82, 2.24) is 9.78 Å². The van der Waals surface area contributed by atoms with Gasteiger partial charge in [0.25, 0.3) is 0 Å². The quantitative estimate of drug-likeness (QED) is 0.791. The summed E-state index contributed by atoms with van der Waals surface area (Å²) in [5.74, 6) is -0.928. The highest BCUT2D eigenvalue weighted by Crippen LogP contribution is 2.25. The monoisotopic (exact) mass is 266 g/mol. The average Bonchev–Trinajstić information content (AvgIpc) is 2.91. The topological polar surface area (TPSA) is 55.1 Å². The van der Waals surface area contributed by atoms with Gasteiger partial charge in [0.05, 0.1) is 23.3 Å². The van der Waals surface area contributed by atoms with Crippen molar-refractivity contribution < 1.29 is 9.90 Å². The lowest BCUT2D eigenvalue weighted by molar-refractivity contribution is 0.0699. The molecule has 100 valence electrons. The first-order valence-corrected chi connectivity index (χ1v) is 6.43. The Labute approximate surface area is 116 Å². The van der Waals surface area contributed by atoms with E-state index in [-0.39, 0.29) is 11.6 Å². The number of fused-ring (bicyclic) bond motifs is 1. The van der Waals surface area contributed by atoms with Crippen LogP contribution in [-0.2, 0) is 0 Å². The molecule has 3 aromatic rings. The summed E-state index contributed by atoms with van der Waals surface area (Å²) in [6.07, 6.45) is 1.62. The van der Waals surface area contributed by atoms with Crippen molar-refractivity contribution in [2.75, 3.05) is 0 Å². The van der Waals surface area contributed by atoms with Crippen LogP contribution in [0, 0.1) is 0 Å². The summed E-state index contributed by atoms with van der Waals surface area (Å²) in [7, 11) is 0. The minimum atomic E-state index is -0.928. The molecule has 0 saturated carbocycles. The van der Waals surface area contributed by atoms with Crippen molar-refractivity contribution in [3.63, 3.8) is 0 Å². The number of aromatic carboxylic acids is 1. The number of rotatable bonds is 3. The molecule has 0 aliphatic carbocycles. The van der Waals surface area contributed by atoms with Crippen LogP contribution in [0.25, 0.3) is 10.9 Å². The SMILES string of the molecule is CC(c1ccccc1)n1ncc2c(C(=O)O)cccc21. The minimum absolute atomic E-state index is 0.0535. The van der Waals surface area contributed by atoms with Gasteiger partial charge in [0.15, 0.2) is 0 Å². The van der Waals surface area contributed by atoms with Gasteiger partial charge in [-0.15, -0.1) is 0 Å². The molecule has 0 bridgehead atoms. The first-order chi connectivity index (χ1) is 9.68. The highest BCUT2D eigenvalue weighted by molar-refractivity contribution is 6.02. The fourth-order valence-electron chi connectivity index (χ4n) is 2.44. The van der Waals surface area contributed by atoms with E-state index in [1.54, 1.807) is 18.3 Å². The second kappa shape index (κ2) is 4.81. The normalized spacial score (nSPS) is 12.4. The van der Waals surface area contributed by atoms with Gasteiger partial charge in [-0.2, -0.15) is 5.10 Å². The van der Waals surface area contributed by atoms with Gasteiger partial charge in [-0.1, -0.05) is 36.4 Å². The Kier molecular flexibility index (Phi) is 2.99. The standard InChI is InChI=1S/C16H14N2O2/c1-11(12-6-3-2-4-7-12)18-15-9-5-8-13(16(19)20)14(15)10-17-18/h2-11H,1H3,(H,19,20). The van der Waals surface area contributed by atoms with Crippen LogP contribution >= 0.6 is 0 Å². The Hall–Kier alpha value is -2.62. The van der Waals surface area contributed by atoms with E-state index in [0.29, 0.717) is 5.39 Å². The number of aromatic nitrogens is 2. The van der Waals surface area contributed by atoms with Crippen LogP contribution < -0.4 is 0 Å². The Morgan fingerprint density at radius 3 is 2.60 bits per heavy atom. The molecular formula is C16H14N2O2. The van der Waals surface area contributed by atoms with Crippen LogP contribution in [0.1, 0.15) is 28.9 Å². The van der Waals surface area contributed by atoms with Gasteiger partial charge in [0.2, 0.25) is 0 Å². The molecule has 0 radical (unpaired) electrons. The Morgan fingerprint density at radius 1 is 1.15 bits per heavy atom. The van der Waals surface area contributed by atoms with Crippen molar-refractivity contribution in [3.8, 4) is 0 Å². The molecule has 1 atom stereocenters. The summed E-state index contributed by atoms with van der Waals surface area (Å²) < 4.78 is 1.86. The number of benzene rings is 2. The first kappa shape index (κ1) is 12.4. The third kappa shape index (κ3) is 1.95. The second-order valence-corrected chi connectivity index (χ2v) is 4.72. The predicted octanol–water partition coefficient (Wildman–Crippen LogP) is 3.34. The van der Waals surface area contributed by atoms with Gasteiger partial charge >= 0.3 is 5.97 Å². The molecule has 0 amide bonds. The zero-order valence-electron chi connectivity index (χ0n) is 11.0. The molecule has 1 aromatic heterocycles. The van der Waals surface area contributed by atoms with E-state index in [0.717, 1.165) is 11.1 Å². The maximum atomic E-state index is 11.2. The second-order valence-electron chi connectivity index (χ2n) is 4.72. The average molecular weight is 266 g/mol. The van der Waals surface area contributed by atoms with Crippen molar-refractivity contribution in [1.29, 1.82) is 0 Å². The third-order valence-corrected chi connectivity index (χ3v) is 3.52. The van der Waals surface area contributed by atoms with Gasteiger partial charge in [-0.25, -0.2) is 4.79 Å². The summed E-state index contributed by atoms with van der Waals surface area (Å²) in [5.41, 5.74) is 2.26. The molecule has 0 aliphatic rings. The molecule has 20 heavy (non-hydrogen) atoms. The summed E-state index contributed by atoms with van der Waals surface area (Å²) >= 11 is 0. The number of carboxylic acids is 1. The third-order valence-electron chi connectivity index (χ3n) is 3.52. The van der Waals surface area contributed by atoms with Crippen LogP contribution in [-0.4, -0.2) is 20.9 Å². The van der Waals surface area contributed by atoms with Crippen molar-refractivity contribution in [2.24, 2.45) is 0 Å². The molecule has 1 N–H and O–H groups in total. The molecular weight excluding hydrogens is 252 g/mol. The number of hydrogen-bond acceptors (Lipinski definition) is 2. The molecule has 2 aromatic carbocycles. The minimum Gasteiger partial charge on any atom is -0.478 e. The van der Waals surface area contributed by atoms with Crippen molar-refractivity contribution >= 4 is 16.9 Å². The maximum Gasteiger partial charge on any atom is 0.336 e. The number of nitrogens with zero attached hydrogens (tertiary/aromatic N) is 2. The van der Waals surface area contributed by atoms with E-state index in [2.05, 4.69) is 12.0 Å². The van der Waals surface area contributed by atoms with Gasteiger partial charge in [-0.05, 0) is 24.6 Å². The Bertz CT molecular complexity index is 763. The van der Waals surface area contributed by atoms with E-state index in [1.807, 2.05) is 41.1 Å². The van der Waals surface area contributed by atoms with Crippen molar-refractivity contribution in [3.05, 3.63) is 65.9 Å². The predicted molar refractivity (Wildman–Crippen MR) is 76.9 cm³/mol. The van der Waals surface area contributed by atoms with Crippen LogP contribution in [0.3, 0.4) is 0 Å². The van der Waals surface area contributed by atoms with Gasteiger partial charge < -0.3 is 5.11 Å². The van der Waals surface area contributed by atoms with Crippen LogP contribution in [0.15, 0.2) is 54.7 Å². The van der Waals surface area contributed by atoms with Gasteiger partial charge in [-0.3, -0.25) is 4.68 Å². The van der Waals surface area contributed by atoms with Gasteiger partial charge in [0, 0.05) is 5.39 Å². The Morgan fingerprint density at radius 2 is 1.90 bits per heavy atom. The molecule has 3 rings (SSSR count). The fourth-order valence-corrected chi connectivity index (χ4v) is 2.44. The highest BCUT2D eigenvalue weighted by atomic mass is 16.4. The van der Waals surface area contributed by atoms with Gasteiger partial charge in [0.1, 0.15) is 0 Å². The van der Waals surface area contributed by atoms with Crippen LogP contribution in [0.4, 0.5) is 0 Å². The van der Waals surface area contributed by atoms with Crippen LogP contribution in [0.2, 0.25) is 0 Å². The molecule has 4 nitrogen and oxygen atoms in total. The van der Waals surface area contributed by atoms with E-state index < -0.39 is 5.97 Å². The zero-order valence-corrected chi connectivity index (χ0v) is 11.0. The molecule has 1 unspecified atom stereocenters. The molecule has 0 fully saturated rings. The summed E-state index contributed by atoms with van der Waals surface area (Å²) in [5, 5.41) is 14.2. The van der Waals surface area contributed by atoms with E-state index in [9.17, 15) is 9.90 Å². The molecule has 0 aliphatic heterocycles. The molecule has 0 saturated heterocycles. The molecule has 0 spiro atoms. The smallest absolute Gasteiger partial charge is 0.336 e. The molecule has 1 heterocycles. The van der Waals surface area contributed by atoms with E-state index in [4.69, 9.17) is 0 Å². The Balaban J connectivity index is 2.14.